The zero-order chi connectivity index (χ0) is 10.7. The highest BCUT2D eigenvalue weighted by molar-refractivity contribution is 5.88. The predicted molar refractivity (Wildman–Crippen MR) is 47.8 cm³/mol. The number of aromatic carboxylic acids is 1. The van der Waals surface area contributed by atoms with Crippen LogP contribution in [-0.2, 0) is 0 Å². The molecule has 0 aliphatic carbocycles. The molecule has 0 aromatic heterocycles. The second-order valence-electron chi connectivity index (χ2n) is 2.49. The highest BCUT2D eigenvalue weighted by Crippen LogP contribution is 2.23. The van der Waals surface area contributed by atoms with Crippen molar-refractivity contribution >= 4 is 5.97 Å². The Morgan fingerprint density at radius 1 is 1.64 bits per heavy atom. The minimum atomic E-state index is -1.23. The van der Waals surface area contributed by atoms with Crippen molar-refractivity contribution in [3.8, 4) is 18.1 Å². The lowest BCUT2D eigenvalue weighted by atomic mass is 10.1. The predicted octanol–water partition coefficient (Wildman–Crippen LogP) is 1.51. The number of hydrogen-bond acceptors (Lipinski definition) is 2. The Labute approximate surface area is 80.1 Å². The molecule has 0 saturated carbocycles. The van der Waals surface area contributed by atoms with Crippen LogP contribution in [0.1, 0.15) is 15.9 Å². The third-order valence-electron chi connectivity index (χ3n) is 1.65. The van der Waals surface area contributed by atoms with Gasteiger partial charge in [0, 0.05) is 0 Å². The Kier molecular flexibility index (Phi) is 2.73. The van der Waals surface area contributed by atoms with Crippen LogP contribution in [-0.4, -0.2) is 18.2 Å². The smallest absolute Gasteiger partial charge is 0.335 e. The van der Waals surface area contributed by atoms with Gasteiger partial charge in [0.25, 0.3) is 0 Å². The first kappa shape index (κ1) is 10.1. The lowest BCUT2D eigenvalue weighted by molar-refractivity contribution is 0.0696. The summed E-state index contributed by atoms with van der Waals surface area (Å²) in [5, 5.41) is 8.62. The van der Waals surface area contributed by atoms with Crippen LogP contribution in [0, 0.1) is 18.2 Å². The number of hydrogen-bond donors (Lipinski definition) is 1. The van der Waals surface area contributed by atoms with E-state index in [9.17, 15) is 9.18 Å². The minimum Gasteiger partial charge on any atom is -0.492 e. The first-order valence-electron chi connectivity index (χ1n) is 3.67. The number of carboxylic acid groups (broad SMARTS) is 1. The molecule has 0 spiro atoms. The molecule has 4 heteroatoms. The number of carboxylic acids is 1. The number of rotatable bonds is 2. The molecule has 3 nitrogen and oxygen atoms in total. The Balaban J connectivity index is 3.41. The van der Waals surface area contributed by atoms with E-state index in [0.717, 1.165) is 6.07 Å². The van der Waals surface area contributed by atoms with E-state index >= 15 is 0 Å². The van der Waals surface area contributed by atoms with Gasteiger partial charge in [0.15, 0.2) is 11.6 Å². The molecule has 0 unspecified atom stereocenters. The van der Waals surface area contributed by atoms with Crippen LogP contribution in [0.3, 0.4) is 0 Å². The van der Waals surface area contributed by atoms with Gasteiger partial charge in [-0.15, -0.1) is 6.42 Å². The monoisotopic (exact) mass is 194 g/mol. The second kappa shape index (κ2) is 3.79. The van der Waals surface area contributed by atoms with Crippen LogP contribution in [0.4, 0.5) is 4.39 Å². The van der Waals surface area contributed by atoms with Crippen molar-refractivity contribution in [3.63, 3.8) is 0 Å². The molecule has 1 aromatic carbocycles. The molecule has 0 saturated heterocycles. The summed E-state index contributed by atoms with van der Waals surface area (Å²) in [4.78, 5) is 10.5. The standard InChI is InChI=1S/C10H7FO3/c1-3-6-4-7(10(12)13)5-8(11)9(6)14-2/h1,4-5H,2H3,(H,12,13). The molecule has 1 rings (SSSR count). The molecule has 0 heterocycles. The van der Waals surface area contributed by atoms with Gasteiger partial charge in [0.05, 0.1) is 18.2 Å². The third-order valence-corrected chi connectivity index (χ3v) is 1.65. The SMILES string of the molecule is C#Cc1cc(C(=O)O)cc(F)c1OC. The highest BCUT2D eigenvalue weighted by Gasteiger charge is 2.13. The number of carbonyl (C=O) groups is 1. The van der Waals surface area contributed by atoms with Gasteiger partial charge in [-0.05, 0) is 12.1 Å². The number of ether oxygens (including phenoxy) is 1. The molecule has 0 fully saturated rings. The van der Waals surface area contributed by atoms with Gasteiger partial charge in [-0.25, -0.2) is 9.18 Å². The van der Waals surface area contributed by atoms with E-state index in [1.165, 1.54) is 13.2 Å². The molecule has 0 amide bonds. The Bertz CT molecular complexity index is 418. The number of methoxy groups -OCH3 is 1. The van der Waals surface area contributed by atoms with E-state index < -0.39 is 11.8 Å². The Morgan fingerprint density at radius 2 is 2.29 bits per heavy atom. The molecule has 0 aliphatic rings. The molecule has 72 valence electrons. The first-order valence-corrected chi connectivity index (χ1v) is 3.67. The maximum atomic E-state index is 13.2. The van der Waals surface area contributed by atoms with E-state index in [2.05, 4.69) is 5.92 Å². The molecule has 1 aromatic rings. The minimum absolute atomic E-state index is 0.0879. The topological polar surface area (TPSA) is 46.5 Å². The quantitative estimate of drug-likeness (QED) is 0.726. The summed E-state index contributed by atoms with van der Waals surface area (Å²) < 4.78 is 17.9. The van der Waals surface area contributed by atoms with Crippen molar-refractivity contribution < 1.29 is 19.0 Å². The molecular weight excluding hydrogens is 187 g/mol. The van der Waals surface area contributed by atoms with Crippen molar-refractivity contribution in [3.05, 3.63) is 29.1 Å². The number of halogens is 1. The average Bonchev–Trinajstić information content (AvgIpc) is 2.16. The fourth-order valence-electron chi connectivity index (χ4n) is 1.03. The van der Waals surface area contributed by atoms with Gasteiger partial charge < -0.3 is 9.84 Å². The van der Waals surface area contributed by atoms with Crippen LogP contribution in [0.15, 0.2) is 12.1 Å². The van der Waals surface area contributed by atoms with E-state index in [1.54, 1.807) is 0 Å². The van der Waals surface area contributed by atoms with Crippen LogP contribution in [0.2, 0.25) is 0 Å². The van der Waals surface area contributed by atoms with Gasteiger partial charge in [-0.3, -0.25) is 0 Å². The average molecular weight is 194 g/mol. The van der Waals surface area contributed by atoms with Crippen molar-refractivity contribution in [2.75, 3.05) is 7.11 Å². The van der Waals surface area contributed by atoms with Crippen molar-refractivity contribution in [1.29, 1.82) is 0 Å². The summed E-state index contributed by atoms with van der Waals surface area (Å²) in [6.45, 7) is 0. The van der Waals surface area contributed by atoms with Crippen molar-refractivity contribution in [1.82, 2.24) is 0 Å². The highest BCUT2D eigenvalue weighted by atomic mass is 19.1. The molecule has 0 radical (unpaired) electrons. The normalized spacial score (nSPS) is 9.21. The van der Waals surface area contributed by atoms with E-state index in [4.69, 9.17) is 16.3 Å². The molecule has 0 atom stereocenters. The zero-order valence-corrected chi connectivity index (χ0v) is 7.37. The summed E-state index contributed by atoms with van der Waals surface area (Å²) >= 11 is 0. The Morgan fingerprint density at radius 3 is 2.71 bits per heavy atom. The lowest BCUT2D eigenvalue weighted by Gasteiger charge is -2.05. The summed E-state index contributed by atoms with van der Waals surface area (Å²) in [5.41, 5.74) is -0.110. The number of terminal acetylenes is 1. The Hall–Kier alpha value is -2.02. The van der Waals surface area contributed by atoms with Gasteiger partial charge in [0.2, 0.25) is 0 Å². The van der Waals surface area contributed by atoms with Crippen LogP contribution < -0.4 is 4.74 Å². The molecule has 14 heavy (non-hydrogen) atoms. The molecular formula is C10H7FO3. The van der Waals surface area contributed by atoms with E-state index in [1.807, 2.05) is 0 Å². The molecule has 0 aliphatic heterocycles. The molecule has 0 bridgehead atoms. The zero-order valence-electron chi connectivity index (χ0n) is 7.37. The third kappa shape index (κ3) is 1.67. The summed E-state index contributed by atoms with van der Waals surface area (Å²) in [6.07, 6.45) is 5.07. The maximum absolute atomic E-state index is 13.2. The number of benzene rings is 1. The van der Waals surface area contributed by atoms with Crippen LogP contribution in [0.25, 0.3) is 0 Å². The van der Waals surface area contributed by atoms with Crippen molar-refractivity contribution in [2.24, 2.45) is 0 Å². The van der Waals surface area contributed by atoms with Gasteiger partial charge >= 0.3 is 5.97 Å². The van der Waals surface area contributed by atoms with E-state index in [-0.39, 0.29) is 16.9 Å². The summed E-state index contributed by atoms with van der Waals surface area (Å²) in [7, 11) is 1.26. The largest absolute Gasteiger partial charge is 0.492 e. The van der Waals surface area contributed by atoms with Gasteiger partial charge in [-0.1, -0.05) is 5.92 Å². The molecule has 1 N–H and O–H groups in total. The fraction of sp³-hybridized carbons (Fsp3) is 0.100. The lowest BCUT2D eigenvalue weighted by Crippen LogP contribution is -2.00. The van der Waals surface area contributed by atoms with Crippen molar-refractivity contribution in [2.45, 2.75) is 0 Å². The van der Waals surface area contributed by atoms with Crippen LogP contribution >= 0.6 is 0 Å². The van der Waals surface area contributed by atoms with E-state index in [0.29, 0.717) is 0 Å². The van der Waals surface area contributed by atoms with Gasteiger partial charge in [-0.2, -0.15) is 0 Å². The van der Waals surface area contributed by atoms with Gasteiger partial charge in [0.1, 0.15) is 0 Å². The summed E-state index contributed by atoms with van der Waals surface area (Å²) in [5.74, 6) is 0.0301. The first-order chi connectivity index (χ1) is 6.60. The summed E-state index contributed by atoms with van der Waals surface area (Å²) in [6, 6.07) is 2.05. The fourth-order valence-corrected chi connectivity index (χ4v) is 1.03. The van der Waals surface area contributed by atoms with Crippen LogP contribution in [0.5, 0.6) is 5.75 Å². The maximum Gasteiger partial charge on any atom is 0.335 e. The second-order valence-corrected chi connectivity index (χ2v) is 2.49.